The highest BCUT2D eigenvalue weighted by Gasteiger charge is 2.40. The van der Waals surface area contributed by atoms with Gasteiger partial charge in [-0.25, -0.2) is 4.79 Å². The van der Waals surface area contributed by atoms with Gasteiger partial charge >= 0.3 is 23.9 Å². The van der Waals surface area contributed by atoms with Crippen LogP contribution in [0.15, 0.2) is 85.0 Å². The van der Waals surface area contributed by atoms with Crippen molar-refractivity contribution in [1.82, 2.24) is 5.32 Å². The summed E-state index contributed by atoms with van der Waals surface area (Å²) < 4.78 is 16.1. The predicted molar refractivity (Wildman–Crippen MR) is 185 cm³/mol. The lowest BCUT2D eigenvalue weighted by Crippen LogP contribution is -2.49. The molecule has 48 heavy (non-hydrogen) atoms. The van der Waals surface area contributed by atoms with Gasteiger partial charge in [0.05, 0.1) is 6.42 Å². The summed E-state index contributed by atoms with van der Waals surface area (Å²) in [5, 5.41) is 11.4. The average molecular weight is 666 g/mol. The molecule has 10 nitrogen and oxygen atoms in total. The van der Waals surface area contributed by atoms with Crippen LogP contribution in [0, 0.1) is 5.41 Å². The number of carbonyl (C=O) groups is 5. The van der Waals surface area contributed by atoms with Gasteiger partial charge in [0.15, 0.2) is 6.10 Å². The SMILES string of the molecule is CC/C=C\C/C=C\C/C=C\C/C=C\C/C=C\CCCC(=O)OCC(C)(C)C(OC(=O)c1ccccc1OC(C)=O)C(=O)NCCC(=O)O. The highest BCUT2D eigenvalue weighted by atomic mass is 16.6. The molecule has 0 radical (unpaired) electrons. The molecule has 0 heterocycles. The third-order valence-electron chi connectivity index (χ3n) is 6.69. The molecule has 10 heteroatoms. The summed E-state index contributed by atoms with van der Waals surface area (Å²) in [6.45, 7) is 6.04. The Bertz CT molecular complexity index is 1320. The van der Waals surface area contributed by atoms with Crippen LogP contribution in [0.25, 0.3) is 0 Å². The minimum atomic E-state index is -1.46. The van der Waals surface area contributed by atoms with Crippen LogP contribution in [0.3, 0.4) is 0 Å². The van der Waals surface area contributed by atoms with Crippen LogP contribution in [0.4, 0.5) is 0 Å². The van der Waals surface area contributed by atoms with E-state index >= 15 is 0 Å². The van der Waals surface area contributed by atoms with Gasteiger partial charge in [0, 0.05) is 25.3 Å². The van der Waals surface area contributed by atoms with Crippen molar-refractivity contribution in [1.29, 1.82) is 0 Å². The summed E-state index contributed by atoms with van der Waals surface area (Å²) in [7, 11) is 0. The highest BCUT2D eigenvalue weighted by Crippen LogP contribution is 2.28. The lowest BCUT2D eigenvalue weighted by atomic mass is 9.86. The standard InChI is InChI=1S/C38H51NO9/c1-5-6-7-8-9-10-11-12-13-14-15-16-17-18-19-20-21-26-34(43)46-29-38(3,4)35(36(44)39-28-27-33(41)42)48-37(45)31-24-22-23-25-32(31)47-30(2)40/h6-7,9-10,12-13,15-16,18-19,22-25,35H,5,8,11,14,17,20-21,26-29H2,1-4H3,(H,39,44)(H,41,42)/b7-6-,10-9-,13-12-,16-15-,19-18-. The van der Waals surface area contributed by atoms with Crippen molar-refractivity contribution in [3.63, 3.8) is 0 Å². The largest absolute Gasteiger partial charge is 0.481 e. The van der Waals surface area contributed by atoms with E-state index < -0.39 is 41.3 Å². The van der Waals surface area contributed by atoms with Gasteiger partial charge in [0.25, 0.3) is 5.91 Å². The second-order valence-corrected chi connectivity index (χ2v) is 11.6. The number of rotatable bonds is 23. The van der Waals surface area contributed by atoms with Crippen LogP contribution in [-0.2, 0) is 28.7 Å². The van der Waals surface area contributed by atoms with Crippen molar-refractivity contribution in [2.45, 2.75) is 91.6 Å². The van der Waals surface area contributed by atoms with E-state index in [-0.39, 0.29) is 37.3 Å². The first-order valence-corrected chi connectivity index (χ1v) is 16.4. The van der Waals surface area contributed by atoms with Crippen LogP contribution in [0.5, 0.6) is 5.75 Å². The third-order valence-corrected chi connectivity index (χ3v) is 6.69. The molecule has 0 fully saturated rings. The molecule has 0 aliphatic carbocycles. The topological polar surface area (TPSA) is 145 Å². The lowest BCUT2D eigenvalue weighted by molar-refractivity contribution is -0.153. The maximum Gasteiger partial charge on any atom is 0.342 e. The zero-order valence-electron chi connectivity index (χ0n) is 28.7. The molecule has 0 saturated heterocycles. The molecule has 1 amide bonds. The number of nitrogens with one attached hydrogen (secondary N) is 1. The Hall–Kier alpha value is -4.73. The number of carboxylic acid groups (broad SMARTS) is 1. The van der Waals surface area contributed by atoms with Gasteiger partial charge in [-0.2, -0.15) is 0 Å². The van der Waals surface area contributed by atoms with E-state index in [2.05, 4.69) is 60.8 Å². The number of amides is 1. The minimum absolute atomic E-state index is 0.0446. The quantitative estimate of drug-likeness (QED) is 0.0536. The van der Waals surface area contributed by atoms with Crippen molar-refractivity contribution in [2.24, 2.45) is 5.41 Å². The number of benzene rings is 1. The van der Waals surface area contributed by atoms with Gasteiger partial charge < -0.3 is 24.6 Å². The number of hydrogen-bond donors (Lipinski definition) is 2. The summed E-state index contributed by atoms with van der Waals surface area (Å²) in [5.41, 5.74) is -1.28. The molecule has 262 valence electrons. The average Bonchev–Trinajstić information content (AvgIpc) is 3.03. The molecule has 1 aromatic rings. The smallest absolute Gasteiger partial charge is 0.342 e. The molecule has 0 aromatic heterocycles. The van der Waals surface area contributed by atoms with Crippen molar-refractivity contribution >= 4 is 29.8 Å². The summed E-state index contributed by atoms with van der Waals surface area (Å²) in [5.74, 6) is -3.97. The molecule has 1 aromatic carbocycles. The second-order valence-electron chi connectivity index (χ2n) is 11.6. The maximum absolute atomic E-state index is 13.1. The fourth-order valence-electron chi connectivity index (χ4n) is 4.15. The number of carbonyl (C=O) groups excluding carboxylic acids is 4. The van der Waals surface area contributed by atoms with Gasteiger partial charge in [-0.05, 0) is 57.1 Å². The van der Waals surface area contributed by atoms with Crippen molar-refractivity contribution < 1.29 is 43.3 Å². The van der Waals surface area contributed by atoms with E-state index in [1.165, 1.54) is 25.1 Å². The zero-order chi connectivity index (χ0) is 35.6. The Morgan fingerprint density at radius 1 is 0.833 bits per heavy atom. The fraction of sp³-hybridized carbons (Fsp3) is 0.447. The second kappa shape index (κ2) is 24.4. The molecule has 0 spiro atoms. The summed E-state index contributed by atoms with van der Waals surface area (Å²) in [4.78, 5) is 61.1. The Morgan fingerprint density at radius 3 is 1.96 bits per heavy atom. The number of unbranched alkanes of at least 4 members (excludes halogenated alkanes) is 1. The number of ether oxygens (including phenoxy) is 3. The van der Waals surface area contributed by atoms with E-state index in [9.17, 15) is 24.0 Å². The van der Waals surface area contributed by atoms with Crippen molar-refractivity contribution in [3.8, 4) is 5.75 Å². The van der Waals surface area contributed by atoms with E-state index in [4.69, 9.17) is 19.3 Å². The van der Waals surface area contributed by atoms with Gasteiger partial charge in [0.1, 0.15) is 17.9 Å². The van der Waals surface area contributed by atoms with Crippen LogP contribution in [0.2, 0.25) is 0 Å². The van der Waals surface area contributed by atoms with E-state index in [0.717, 1.165) is 32.1 Å². The van der Waals surface area contributed by atoms with Crippen LogP contribution >= 0.6 is 0 Å². The summed E-state index contributed by atoms with van der Waals surface area (Å²) in [6.07, 6.45) is 25.5. The number of allylic oxidation sites excluding steroid dienone is 10. The maximum atomic E-state index is 13.1. The Balaban J connectivity index is 2.59. The Morgan fingerprint density at radius 2 is 1.40 bits per heavy atom. The summed E-state index contributed by atoms with van der Waals surface area (Å²) in [6, 6.07) is 5.89. The first kappa shape index (κ1) is 41.3. The van der Waals surface area contributed by atoms with Crippen LogP contribution in [-0.4, -0.2) is 54.1 Å². The van der Waals surface area contributed by atoms with Gasteiger partial charge in [-0.15, -0.1) is 0 Å². The van der Waals surface area contributed by atoms with Crippen LogP contribution in [0.1, 0.15) is 95.8 Å². The number of hydrogen-bond acceptors (Lipinski definition) is 8. The Labute approximate surface area is 284 Å². The lowest BCUT2D eigenvalue weighted by Gasteiger charge is -2.32. The molecule has 0 bridgehead atoms. The highest BCUT2D eigenvalue weighted by molar-refractivity contribution is 5.95. The third kappa shape index (κ3) is 19.1. The van der Waals surface area contributed by atoms with Crippen molar-refractivity contribution in [3.05, 3.63) is 90.6 Å². The molecular weight excluding hydrogens is 614 g/mol. The van der Waals surface area contributed by atoms with Gasteiger partial charge in [-0.1, -0.05) is 93.7 Å². The van der Waals surface area contributed by atoms with E-state index in [1.54, 1.807) is 19.9 Å². The molecule has 1 atom stereocenters. The molecule has 1 unspecified atom stereocenters. The number of para-hydroxylation sites is 1. The van der Waals surface area contributed by atoms with Crippen molar-refractivity contribution in [2.75, 3.05) is 13.2 Å². The molecule has 0 aliphatic heterocycles. The number of esters is 3. The minimum Gasteiger partial charge on any atom is -0.481 e. The molecule has 1 rings (SSSR count). The number of aliphatic carboxylic acids is 1. The van der Waals surface area contributed by atoms with E-state index in [0.29, 0.717) is 12.8 Å². The monoisotopic (exact) mass is 665 g/mol. The fourth-order valence-corrected chi connectivity index (χ4v) is 4.15. The summed E-state index contributed by atoms with van der Waals surface area (Å²) >= 11 is 0. The van der Waals surface area contributed by atoms with Crippen LogP contribution < -0.4 is 10.1 Å². The van der Waals surface area contributed by atoms with E-state index in [1.807, 2.05) is 12.2 Å². The molecule has 2 N–H and O–H groups in total. The molecule has 0 saturated carbocycles. The normalized spacial score (nSPS) is 12.7. The molecular formula is C38H51NO9. The first-order chi connectivity index (χ1) is 23.0. The zero-order valence-corrected chi connectivity index (χ0v) is 28.7. The van der Waals surface area contributed by atoms with Gasteiger partial charge in [0.2, 0.25) is 0 Å². The molecule has 0 aliphatic rings. The van der Waals surface area contributed by atoms with Gasteiger partial charge in [-0.3, -0.25) is 19.2 Å². The number of carboxylic acids is 1. The first-order valence-electron chi connectivity index (χ1n) is 16.4. The Kier molecular flexibility index (Phi) is 21.0. The predicted octanol–water partition coefficient (Wildman–Crippen LogP) is 7.22.